The van der Waals surface area contributed by atoms with E-state index in [0.717, 1.165) is 17.3 Å². The maximum atomic E-state index is 11.7. The van der Waals surface area contributed by atoms with E-state index in [1.165, 1.54) is 11.6 Å². The molecule has 0 aliphatic heterocycles. The van der Waals surface area contributed by atoms with E-state index in [0.29, 0.717) is 5.75 Å². The second-order valence-corrected chi connectivity index (χ2v) is 4.92. The van der Waals surface area contributed by atoms with E-state index in [2.05, 4.69) is 9.24 Å². The molecule has 1 unspecified atom stereocenters. The summed E-state index contributed by atoms with van der Waals surface area (Å²) in [5, 5.41) is 0. The van der Waals surface area contributed by atoms with Gasteiger partial charge in [0.15, 0.2) is 0 Å². The second-order valence-electron chi connectivity index (χ2n) is 4.51. The van der Waals surface area contributed by atoms with Crippen LogP contribution in [-0.4, -0.2) is 5.97 Å². The summed E-state index contributed by atoms with van der Waals surface area (Å²) in [5.74, 6) is 0.188. The number of hydrogen-bond donors (Lipinski definition) is 0. The lowest BCUT2D eigenvalue weighted by Gasteiger charge is -2.01. The highest BCUT2D eigenvalue weighted by Crippen LogP contribution is 2.12. The fraction of sp³-hybridized carbons (Fsp3) is 0.118. The van der Waals surface area contributed by atoms with Gasteiger partial charge >= 0.3 is 5.97 Å². The average Bonchev–Trinajstić information content (AvgIpc) is 2.48. The molecule has 0 radical (unpaired) electrons. The molecule has 1 atom stereocenters. The standard InChI is InChI=1S/C17H17O2P/c1-13-2-9-16(10-3-13)19-17(18)11-8-14-4-6-15(12-20)7-5-14/h2-11H,12,20H2,1H3/b11-8-. The minimum absolute atomic E-state index is 0.371. The molecule has 2 aromatic rings. The Morgan fingerprint density at radius 1 is 1.10 bits per heavy atom. The first-order valence-electron chi connectivity index (χ1n) is 6.43. The van der Waals surface area contributed by atoms with Crippen molar-refractivity contribution in [3.05, 3.63) is 71.3 Å². The largest absolute Gasteiger partial charge is 0.423 e. The molecule has 0 N–H and O–H groups in total. The molecule has 2 aromatic carbocycles. The maximum Gasteiger partial charge on any atom is 0.336 e. The molecule has 0 aliphatic carbocycles. The van der Waals surface area contributed by atoms with Gasteiger partial charge in [-0.25, -0.2) is 4.79 Å². The van der Waals surface area contributed by atoms with Gasteiger partial charge in [-0.15, -0.1) is 9.24 Å². The Labute approximate surface area is 121 Å². The van der Waals surface area contributed by atoms with Crippen LogP contribution in [-0.2, 0) is 11.0 Å². The zero-order chi connectivity index (χ0) is 14.4. The molecule has 2 nitrogen and oxygen atoms in total. The van der Waals surface area contributed by atoms with E-state index in [-0.39, 0.29) is 5.97 Å². The average molecular weight is 284 g/mol. The number of aryl methyl sites for hydroxylation is 1. The molecule has 0 bridgehead atoms. The molecule has 0 spiro atoms. The SMILES string of the molecule is Cc1ccc(OC(=O)/C=C\c2ccc(CP)cc2)cc1. The van der Waals surface area contributed by atoms with E-state index in [9.17, 15) is 4.79 Å². The van der Waals surface area contributed by atoms with Gasteiger partial charge in [-0.1, -0.05) is 42.0 Å². The first-order valence-corrected chi connectivity index (χ1v) is 7.24. The first-order chi connectivity index (χ1) is 9.67. The Bertz CT molecular complexity index is 598. The lowest BCUT2D eigenvalue weighted by atomic mass is 10.1. The van der Waals surface area contributed by atoms with Crippen molar-refractivity contribution in [2.75, 3.05) is 0 Å². The Kier molecular flexibility index (Phi) is 5.09. The number of rotatable bonds is 4. The fourth-order valence-electron chi connectivity index (χ4n) is 1.69. The van der Waals surface area contributed by atoms with Gasteiger partial charge in [0.2, 0.25) is 0 Å². The van der Waals surface area contributed by atoms with Crippen molar-refractivity contribution < 1.29 is 9.53 Å². The van der Waals surface area contributed by atoms with Crippen LogP contribution < -0.4 is 4.74 Å². The number of carbonyl (C=O) groups excluding carboxylic acids is 1. The van der Waals surface area contributed by atoms with E-state index in [4.69, 9.17) is 4.74 Å². The Morgan fingerprint density at radius 3 is 2.35 bits per heavy atom. The predicted octanol–water partition coefficient (Wildman–Crippen LogP) is 3.99. The molecule has 0 aliphatic rings. The minimum atomic E-state index is -0.371. The molecular formula is C17H17O2P. The van der Waals surface area contributed by atoms with Gasteiger partial charge in [0, 0.05) is 6.08 Å². The van der Waals surface area contributed by atoms with Crippen LogP contribution in [0.1, 0.15) is 16.7 Å². The number of carbonyl (C=O) groups is 1. The predicted molar refractivity (Wildman–Crippen MR) is 85.7 cm³/mol. The van der Waals surface area contributed by atoms with Gasteiger partial charge in [0.25, 0.3) is 0 Å². The van der Waals surface area contributed by atoms with Crippen molar-refractivity contribution in [1.82, 2.24) is 0 Å². The van der Waals surface area contributed by atoms with Gasteiger partial charge in [-0.05, 0) is 42.4 Å². The summed E-state index contributed by atoms with van der Waals surface area (Å²) in [6.07, 6.45) is 4.12. The highest BCUT2D eigenvalue weighted by molar-refractivity contribution is 7.15. The van der Waals surface area contributed by atoms with Gasteiger partial charge in [-0.3, -0.25) is 0 Å². The van der Waals surface area contributed by atoms with E-state index >= 15 is 0 Å². The number of benzene rings is 2. The third-order valence-electron chi connectivity index (χ3n) is 2.87. The summed E-state index contributed by atoms with van der Waals surface area (Å²) in [7, 11) is 2.68. The molecule has 0 saturated heterocycles. The van der Waals surface area contributed by atoms with Crippen molar-refractivity contribution in [3.8, 4) is 5.75 Å². The molecule has 2 rings (SSSR count). The van der Waals surface area contributed by atoms with E-state index < -0.39 is 0 Å². The molecule has 3 heteroatoms. The van der Waals surface area contributed by atoms with Crippen LogP contribution in [0.2, 0.25) is 0 Å². The lowest BCUT2D eigenvalue weighted by Crippen LogP contribution is -2.03. The van der Waals surface area contributed by atoms with Gasteiger partial charge < -0.3 is 4.74 Å². The van der Waals surface area contributed by atoms with Crippen molar-refractivity contribution in [3.63, 3.8) is 0 Å². The molecule has 0 fully saturated rings. The summed E-state index contributed by atoms with van der Waals surface area (Å²) in [6.45, 7) is 1.99. The molecular weight excluding hydrogens is 267 g/mol. The third-order valence-corrected chi connectivity index (χ3v) is 3.34. The smallest absolute Gasteiger partial charge is 0.336 e. The number of hydrogen-bond acceptors (Lipinski definition) is 2. The molecule has 20 heavy (non-hydrogen) atoms. The van der Waals surface area contributed by atoms with Gasteiger partial charge in [0.05, 0.1) is 0 Å². The van der Waals surface area contributed by atoms with Crippen molar-refractivity contribution in [2.45, 2.75) is 13.1 Å². The topological polar surface area (TPSA) is 26.3 Å². The van der Waals surface area contributed by atoms with Crippen LogP contribution >= 0.6 is 9.24 Å². The van der Waals surface area contributed by atoms with Gasteiger partial charge in [-0.2, -0.15) is 0 Å². The summed E-state index contributed by atoms with van der Waals surface area (Å²) >= 11 is 0. The Morgan fingerprint density at radius 2 is 1.75 bits per heavy atom. The third kappa shape index (κ3) is 4.32. The first kappa shape index (κ1) is 14.5. The molecule has 0 saturated carbocycles. The summed E-state index contributed by atoms with van der Waals surface area (Å²) in [5.41, 5.74) is 3.36. The van der Waals surface area contributed by atoms with Crippen molar-refractivity contribution in [2.24, 2.45) is 0 Å². The molecule has 0 amide bonds. The van der Waals surface area contributed by atoms with Crippen LogP contribution in [0.15, 0.2) is 54.6 Å². The Balaban J connectivity index is 1.96. The monoisotopic (exact) mass is 284 g/mol. The highest BCUT2D eigenvalue weighted by Gasteiger charge is 1.99. The van der Waals surface area contributed by atoms with E-state index in [1.807, 2.05) is 43.3 Å². The van der Waals surface area contributed by atoms with Crippen LogP contribution in [0.5, 0.6) is 5.75 Å². The number of esters is 1. The quantitative estimate of drug-likeness (QED) is 0.367. The zero-order valence-electron chi connectivity index (χ0n) is 11.4. The maximum absolute atomic E-state index is 11.7. The van der Waals surface area contributed by atoms with E-state index in [1.54, 1.807) is 18.2 Å². The normalized spacial score (nSPS) is 10.7. The Hall–Kier alpha value is -1.92. The fourth-order valence-corrected chi connectivity index (χ4v) is 1.96. The van der Waals surface area contributed by atoms with Crippen molar-refractivity contribution >= 4 is 21.3 Å². The minimum Gasteiger partial charge on any atom is -0.423 e. The second kappa shape index (κ2) is 7.02. The zero-order valence-corrected chi connectivity index (χ0v) is 12.5. The highest BCUT2D eigenvalue weighted by atomic mass is 31.0. The van der Waals surface area contributed by atoms with Crippen molar-refractivity contribution in [1.29, 1.82) is 0 Å². The van der Waals surface area contributed by atoms with Crippen LogP contribution in [0.25, 0.3) is 6.08 Å². The summed E-state index contributed by atoms with van der Waals surface area (Å²) < 4.78 is 5.21. The molecule has 0 aromatic heterocycles. The van der Waals surface area contributed by atoms with Crippen LogP contribution in [0.3, 0.4) is 0 Å². The van der Waals surface area contributed by atoms with Gasteiger partial charge in [0.1, 0.15) is 5.75 Å². The molecule has 102 valence electrons. The summed E-state index contributed by atoms with van der Waals surface area (Å²) in [6, 6.07) is 15.4. The number of ether oxygens (including phenoxy) is 1. The summed E-state index contributed by atoms with van der Waals surface area (Å²) in [4.78, 5) is 11.7. The molecule has 0 heterocycles. The lowest BCUT2D eigenvalue weighted by molar-refractivity contribution is -0.128. The van der Waals surface area contributed by atoms with Crippen LogP contribution in [0, 0.1) is 6.92 Å². The van der Waals surface area contributed by atoms with Crippen LogP contribution in [0.4, 0.5) is 0 Å².